The molecule has 1 aromatic rings. The molecule has 1 fully saturated rings. The summed E-state index contributed by atoms with van der Waals surface area (Å²) in [6, 6.07) is 8.53. The second-order valence-corrected chi connectivity index (χ2v) is 5.48. The van der Waals surface area contributed by atoms with Gasteiger partial charge in [0.15, 0.2) is 0 Å². The fraction of sp³-hybridized carbons (Fsp3) is 0.533. The van der Waals surface area contributed by atoms with Crippen molar-refractivity contribution in [2.45, 2.75) is 32.2 Å². The van der Waals surface area contributed by atoms with Crippen LogP contribution < -0.4 is 16.4 Å². The third-order valence-electron chi connectivity index (χ3n) is 3.89. The van der Waals surface area contributed by atoms with Crippen LogP contribution in [0, 0.1) is 5.92 Å². The summed E-state index contributed by atoms with van der Waals surface area (Å²) in [7, 11) is 0. The van der Waals surface area contributed by atoms with Crippen molar-refractivity contribution >= 4 is 11.6 Å². The molecule has 1 aliphatic rings. The lowest BCUT2D eigenvalue weighted by Crippen LogP contribution is -2.35. The smallest absolute Gasteiger partial charge is 0.217 e. The van der Waals surface area contributed by atoms with Crippen LogP contribution in [0.4, 0.5) is 5.69 Å². The molecule has 0 aliphatic carbocycles. The number of carbonyl (C=O) groups is 1. The van der Waals surface area contributed by atoms with E-state index in [-0.39, 0.29) is 11.9 Å². The molecule has 1 amide bonds. The number of nitrogens with zero attached hydrogens (tertiary/aromatic N) is 1. The molecule has 4 heteroatoms. The van der Waals surface area contributed by atoms with Crippen LogP contribution >= 0.6 is 0 Å². The number of carbonyl (C=O) groups excluding carboxylic acids is 1. The Bertz CT molecular complexity index is 420. The summed E-state index contributed by atoms with van der Waals surface area (Å²) in [4.78, 5) is 13.3. The van der Waals surface area contributed by atoms with Crippen LogP contribution in [-0.4, -0.2) is 19.0 Å². The summed E-state index contributed by atoms with van der Waals surface area (Å²) >= 11 is 0. The van der Waals surface area contributed by atoms with Crippen LogP contribution in [-0.2, 0) is 4.79 Å². The molecule has 1 unspecified atom stereocenters. The van der Waals surface area contributed by atoms with Gasteiger partial charge in [-0.2, -0.15) is 0 Å². The van der Waals surface area contributed by atoms with Crippen LogP contribution in [0.25, 0.3) is 0 Å². The summed E-state index contributed by atoms with van der Waals surface area (Å²) in [5.74, 6) is 0.275. The van der Waals surface area contributed by atoms with Crippen molar-refractivity contribution in [1.82, 2.24) is 0 Å². The summed E-state index contributed by atoms with van der Waals surface area (Å²) < 4.78 is 0. The molecule has 4 nitrogen and oxygen atoms in total. The molecule has 0 aromatic heterocycles. The number of anilines is 1. The van der Waals surface area contributed by atoms with E-state index in [2.05, 4.69) is 29.2 Å². The highest BCUT2D eigenvalue weighted by atomic mass is 16.1. The first-order valence-electron chi connectivity index (χ1n) is 6.95. The molecule has 4 N–H and O–H groups in total. The second-order valence-electron chi connectivity index (χ2n) is 5.48. The zero-order chi connectivity index (χ0) is 13.8. The monoisotopic (exact) mass is 261 g/mol. The minimum absolute atomic E-state index is 0.0790. The molecule has 1 heterocycles. The minimum Gasteiger partial charge on any atom is -0.372 e. The molecule has 19 heavy (non-hydrogen) atoms. The Labute approximate surface area is 114 Å². The fourth-order valence-corrected chi connectivity index (χ4v) is 2.67. The van der Waals surface area contributed by atoms with Crippen LogP contribution in [0.15, 0.2) is 24.3 Å². The van der Waals surface area contributed by atoms with E-state index in [0.29, 0.717) is 12.3 Å². The molecular weight excluding hydrogens is 238 g/mol. The molecule has 1 saturated heterocycles. The Morgan fingerprint density at radius 2 is 1.89 bits per heavy atom. The van der Waals surface area contributed by atoms with Gasteiger partial charge in [0.05, 0.1) is 0 Å². The molecule has 1 atom stereocenters. The minimum atomic E-state index is -0.181. The Hall–Kier alpha value is -1.55. The van der Waals surface area contributed by atoms with Gasteiger partial charge in [0.2, 0.25) is 5.91 Å². The summed E-state index contributed by atoms with van der Waals surface area (Å²) in [6.07, 6.45) is 2.60. The van der Waals surface area contributed by atoms with E-state index in [9.17, 15) is 4.79 Å². The fourth-order valence-electron chi connectivity index (χ4n) is 2.67. The quantitative estimate of drug-likeness (QED) is 0.868. The standard InChI is InChI=1S/C15H23N3O/c1-11(16)13-2-4-14(5-3-13)18-8-6-12(7-9-18)10-15(17)19/h2-5,11-12H,6-10,16H2,1H3,(H2,17,19). The zero-order valence-corrected chi connectivity index (χ0v) is 11.5. The van der Waals surface area contributed by atoms with Gasteiger partial charge in [-0.15, -0.1) is 0 Å². The first-order chi connectivity index (χ1) is 9.06. The van der Waals surface area contributed by atoms with Crippen molar-refractivity contribution in [2.75, 3.05) is 18.0 Å². The number of hydrogen-bond donors (Lipinski definition) is 2. The van der Waals surface area contributed by atoms with E-state index in [1.165, 1.54) is 5.69 Å². The zero-order valence-electron chi connectivity index (χ0n) is 11.5. The Morgan fingerprint density at radius 3 is 2.37 bits per heavy atom. The van der Waals surface area contributed by atoms with Gasteiger partial charge in [-0.1, -0.05) is 12.1 Å². The van der Waals surface area contributed by atoms with Crippen molar-refractivity contribution in [2.24, 2.45) is 17.4 Å². The van der Waals surface area contributed by atoms with E-state index in [4.69, 9.17) is 11.5 Å². The number of benzene rings is 1. The number of primary amides is 1. The average Bonchev–Trinajstić information content (AvgIpc) is 2.39. The maximum atomic E-state index is 10.9. The van der Waals surface area contributed by atoms with Crippen LogP contribution in [0.3, 0.4) is 0 Å². The molecule has 0 bridgehead atoms. The van der Waals surface area contributed by atoms with Gasteiger partial charge in [-0.3, -0.25) is 4.79 Å². The number of rotatable bonds is 4. The van der Waals surface area contributed by atoms with Gasteiger partial charge >= 0.3 is 0 Å². The Balaban J connectivity index is 1.92. The van der Waals surface area contributed by atoms with E-state index in [1.54, 1.807) is 0 Å². The van der Waals surface area contributed by atoms with Gasteiger partial charge in [-0.05, 0) is 43.4 Å². The second kappa shape index (κ2) is 6.06. The Morgan fingerprint density at radius 1 is 1.32 bits per heavy atom. The van der Waals surface area contributed by atoms with Crippen molar-refractivity contribution in [3.8, 4) is 0 Å². The molecule has 0 radical (unpaired) electrons. The van der Waals surface area contributed by atoms with Gasteiger partial charge in [0.1, 0.15) is 0 Å². The number of hydrogen-bond acceptors (Lipinski definition) is 3. The van der Waals surface area contributed by atoms with Gasteiger partial charge < -0.3 is 16.4 Å². The third-order valence-corrected chi connectivity index (χ3v) is 3.89. The first kappa shape index (κ1) is 13.9. The highest BCUT2D eigenvalue weighted by Gasteiger charge is 2.20. The molecular formula is C15H23N3O. The molecule has 2 rings (SSSR count). The summed E-state index contributed by atoms with van der Waals surface area (Å²) in [6.45, 7) is 3.98. The predicted molar refractivity (Wildman–Crippen MR) is 77.8 cm³/mol. The highest BCUT2D eigenvalue weighted by molar-refractivity contribution is 5.74. The number of piperidine rings is 1. The predicted octanol–water partition coefficient (Wildman–Crippen LogP) is 1.80. The van der Waals surface area contributed by atoms with E-state index < -0.39 is 0 Å². The molecule has 104 valence electrons. The Kier molecular flexibility index (Phi) is 4.43. The number of nitrogens with two attached hydrogens (primary N) is 2. The number of amides is 1. The van der Waals surface area contributed by atoms with Crippen molar-refractivity contribution in [3.63, 3.8) is 0 Å². The lowest BCUT2D eigenvalue weighted by molar-refractivity contribution is -0.119. The van der Waals surface area contributed by atoms with Gasteiger partial charge in [0, 0.05) is 31.2 Å². The first-order valence-corrected chi connectivity index (χ1v) is 6.95. The van der Waals surface area contributed by atoms with Crippen LogP contribution in [0.2, 0.25) is 0 Å². The topological polar surface area (TPSA) is 72.3 Å². The van der Waals surface area contributed by atoms with Gasteiger partial charge in [-0.25, -0.2) is 0 Å². The highest BCUT2D eigenvalue weighted by Crippen LogP contribution is 2.25. The molecule has 0 saturated carbocycles. The normalized spacial score (nSPS) is 18.3. The average molecular weight is 261 g/mol. The van der Waals surface area contributed by atoms with Crippen LogP contribution in [0.5, 0.6) is 0 Å². The maximum Gasteiger partial charge on any atom is 0.217 e. The largest absolute Gasteiger partial charge is 0.372 e. The van der Waals surface area contributed by atoms with E-state index in [0.717, 1.165) is 31.5 Å². The lowest BCUT2D eigenvalue weighted by atomic mass is 9.93. The lowest BCUT2D eigenvalue weighted by Gasteiger charge is -2.33. The molecule has 1 aliphatic heterocycles. The van der Waals surface area contributed by atoms with Gasteiger partial charge in [0.25, 0.3) is 0 Å². The maximum absolute atomic E-state index is 10.9. The van der Waals surface area contributed by atoms with Crippen molar-refractivity contribution < 1.29 is 4.79 Å². The molecule has 1 aromatic carbocycles. The van der Waals surface area contributed by atoms with Crippen molar-refractivity contribution in [3.05, 3.63) is 29.8 Å². The van der Waals surface area contributed by atoms with E-state index in [1.807, 2.05) is 6.92 Å². The summed E-state index contributed by atoms with van der Waals surface area (Å²) in [5, 5.41) is 0. The third kappa shape index (κ3) is 3.70. The summed E-state index contributed by atoms with van der Waals surface area (Å²) in [5.41, 5.74) is 13.5. The van der Waals surface area contributed by atoms with Crippen molar-refractivity contribution in [1.29, 1.82) is 0 Å². The SMILES string of the molecule is CC(N)c1ccc(N2CCC(CC(N)=O)CC2)cc1. The van der Waals surface area contributed by atoms with Crippen LogP contribution in [0.1, 0.15) is 37.8 Å². The van der Waals surface area contributed by atoms with E-state index >= 15 is 0 Å². The molecule has 0 spiro atoms.